The second kappa shape index (κ2) is 5.38. The predicted molar refractivity (Wildman–Crippen MR) is 76.0 cm³/mol. The zero-order chi connectivity index (χ0) is 14.0. The van der Waals surface area contributed by atoms with Crippen molar-refractivity contribution in [2.24, 2.45) is 5.41 Å². The van der Waals surface area contributed by atoms with E-state index in [2.05, 4.69) is 14.9 Å². The van der Waals surface area contributed by atoms with E-state index in [9.17, 15) is 4.79 Å². The molecule has 1 aliphatic carbocycles. The molecule has 1 aromatic rings. The Morgan fingerprint density at radius 2 is 1.75 bits per heavy atom. The number of carbonyl (C=O) groups is 1. The minimum Gasteiger partial charge on any atom is -0.476 e. The van der Waals surface area contributed by atoms with Gasteiger partial charge in [-0.05, 0) is 31.1 Å². The molecule has 1 saturated heterocycles. The van der Waals surface area contributed by atoms with Gasteiger partial charge in [-0.3, -0.25) is 0 Å². The molecule has 1 N–H and O–H groups in total. The normalized spacial score (nSPS) is 21.9. The van der Waals surface area contributed by atoms with Crippen LogP contribution < -0.4 is 4.90 Å². The number of piperidine rings is 1. The highest BCUT2D eigenvalue weighted by Gasteiger charge is 2.35. The van der Waals surface area contributed by atoms with Crippen molar-refractivity contribution in [3.05, 3.63) is 18.1 Å². The van der Waals surface area contributed by atoms with E-state index < -0.39 is 5.97 Å². The predicted octanol–water partition coefficient (Wildman–Crippen LogP) is 2.73. The Hall–Kier alpha value is -1.65. The van der Waals surface area contributed by atoms with Crippen molar-refractivity contribution >= 4 is 11.8 Å². The number of hydrogen-bond donors (Lipinski definition) is 1. The average Bonchev–Trinajstić information content (AvgIpc) is 2.49. The Kier molecular flexibility index (Phi) is 3.59. The molecular weight excluding hydrogens is 254 g/mol. The molecule has 20 heavy (non-hydrogen) atoms. The van der Waals surface area contributed by atoms with Gasteiger partial charge in [0.2, 0.25) is 0 Å². The molecule has 1 aliphatic heterocycles. The molecular formula is C15H21N3O2. The van der Waals surface area contributed by atoms with Crippen LogP contribution in [0.1, 0.15) is 55.4 Å². The lowest BCUT2D eigenvalue weighted by molar-refractivity contribution is 0.0690. The van der Waals surface area contributed by atoms with E-state index in [1.807, 2.05) is 0 Å². The van der Waals surface area contributed by atoms with E-state index in [-0.39, 0.29) is 5.69 Å². The van der Waals surface area contributed by atoms with Crippen LogP contribution in [0.4, 0.5) is 5.82 Å². The fourth-order valence-corrected chi connectivity index (χ4v) is 3.61. The fraction of sp³-hybridized carbons (Fsp3) is 0.667. The Balaban J connectivity index is 1.64. The van der Waals surface area contributed by atoms with Gasteiger partial charge in [-0.25, -0.2) is 14.8 Å². The number of hydrogen-bond acceptors (Lipinski definition) is 4. The number of anilines is 1. The summed E-state index contributed by atoms with van der Waals surface area (Å²) in [5, 5.41) is 8.84. The maximum absolute atomic E-state index is 10.8. The van der Waals surface area contributed by atoms with Crippen molar-refractivity contribution in [3.63, 3.8) is 0 Å². The summed E-state index contributed by atoms with van der Waals surface area (Å²) >= 11 is 0. The third kappa shape index (κ3) is 2.62. The lowest BCUT2D eigenvalue weighted by atomic mass is 9.68. The molecule has 0 bridgehead atoms. The van der Waals surface area contributed by atoms with Gasteiger partial charge in [0.05, 0.1) is 12.4 Å². The molecule has 0 atom stereocenters. The van der Waals surface area contributed by atoms with Gasteiger partial charge in [-0.1, -0.05) is 19.3 Å². The summed E-state index contributed by atoms with van der Waals surface area (Å²) in [6, 6.07) is 0. The summed E-state index contributed by atoms with van der Waals surface area (Å²) in [4.78, 5) is 21.2. The number of rotatable bonds is 2. The van der Waals surface area contributed by atoms with Gasteiger partial charge in [0.1, 0.15) is 5.82 Å². The summed E-state index contributed by atoms with van der Waals surface area (Å²) in [6.45, 7) is 2.03. The lowest BCUT2D eigenvalue weighted by Crippen LogP contribution is -2.41. The van der Waals surface area contributed by atoms with Crippen molar-refractivity contribution in [1.29, 1.82) is 0 Å². The molecule has 5 heteroatoms. The Bertz CT molecular complexity index is 470. The zero-order valence-corrected chi connectivity index (χ0v) is 11.7. The number of carboxylic acids is 1. The van der Waals surface area contributed by atoms with Crippen molar-refractivity contribution in [3.8, 4) is 0 Å². The van der Waals surface area contributed by atoms with E-state index in [0.717, 1.165) is 18.9 Å². The molecule has 2 heterocycles. The molecule has 2 fully saturated rings. The van der Waals surface area contributed by atoms with Gasteiger partial charge in [0, 0.05) is 13.1 Å². The van der Waals surface area contributed by atoms with Crippen LogP contribution in [-0.2, 0) is 0 Å². The monoisotopic (exact) mass is 275 g/mol. The highest BCUT2D eigenvalue weighted by Crippen LogP contribution is 2.44. The molecule has 0 unspecified atom stereocenters. The number of aromatic carboxylic acids is 1. The lowest BCUT2D eigenvalue weighted by Gasteiger charge is -2.44. The summed E-state index contributed by atoms with van der Waals surface area (Å²) < 4.78 is 0. The maximum Gasteiger partial charge on any atom is 0.356 e. The molecule has 108 valence electrons. The van der Waals surface area contributed by atoms with Gasteiger partial charge in [-0.2, -0.15) is 0 Å². The highest BCUT2D eigenvalue weighted by atomic mass is 16.4. The molecule has 5 nitrogen and oxygen atoms in total. The smallest absolute Gasteiger partial charge is 0.356 e. The van der Waals surface area contributed by atoms with Crippen molar-refractivity contribution in [2.45, 2.75) is 44.9 Å². The summed E-state index contributed by atoms with van der Waals surface area (Å²) in [5.41, 5.74) is 0.581. The fourth-order valence-electron chi connectivity index (χ4n) is 3.61. The third-order valence-electron chi connectivity index (χ3n) is 4.92. The summed E-state index contributed by atoms with van der Waals surface area (Å²) in [6.07, 6.45) is 12.3. The molecule has 1 saturated carbocycles. The molecule has 0 amide bonds. The van der Waals surface area contributed by atoms with Crippen molar-refractivity contribution in [2.75, 3.05) is 18.0 Å². The quantitative estimate of drug-likeness (QED) is 0.899. The number of carboxylic acid groups (broad SMARTS) is 1. The molecule has 1 spiro atoms. The van der Waals surface area contributed by atoms with E-state index >= 15 is 0 Å². The largest absolute Gasteiger partial charge is 0.476 e. The van der Waals surface area contributed by atoms with E-state index in [4.69, 9.17) is 5.11 Å². The van der Waals surface area contributed by atoms with E-state index in [0.29, 0.717) is 5.41 Å². The summed E-state index contributed by atoms with van der Waals surface area (Å²) in [7, 11) is 0. The van der Waals surface area contributed by atoms with Crippen molar-refractivity contribution < 1.29 is 9.90 Å². The minimum absolute atomic E-state index is 0.00881. The molecule has 3 rings (SSSR count). The van der Waals surface area contributed by atoms with Crippen molar-refractivity contribution in [1.82, 2.24) is 9.97 Å². The Morgan fingerprint density at radius 1 is 1.05 bits per heavy atom. The Morgan fingerprint density at radius 3 is 2.30 bits per heavy atom. The minimum atomic E-state index is -1.02. The summed E-state index contributed by atoms with van der Waals surface area (Å²) in [5.74, 6) is -0.218. The maximum atomic E-state index is 10.8. The molecule has 0 radical (unpaired) electrons. The van der Waals surface area contributed by atoms with Gasteiger partial charge >= 0.3 is 5.97 Å². The average molecular weight is 275 g/mol. The van der Waals surface area contributed by atoms with Gasteiger partial charge < -0.3 is 10.0 Å². The third-order valence-corrected chi connectivity index (χ3v) is 4.92. The van der Waals surface area contributed by atoms with Crippen LogP contribution in [0.25, 0.3) is 0 Å². The SMILES string of the molecule is O=C(O)c1cnc(N2CCC3(CCCCC3)CC2)cn1. The van der Waals surface area contributed by atoms with Crippen LogP contribution in [0.5, 0.6) is 0 Å². The van der Waals surface area contributed by atoms with Crippen LogP contribution in [0, 0.1) is 5.41 Å². The molecule has 2 aliphatic rings. The standard InChI is InChI=1S/C15H21N3O2/c19-14(20)12-10-17-13(11-16-12)18-8-6-15(7-9-18)4-2-1-3-5-15/h10-11H,1-9H2,(H,19,20). The molecule has 1 aromatic heterocycles. The van der Waals surface area contributed by atoms with E-state index in [1.165, 1.54) is 51.1 Å². The van der Waals surface area contributed by atoms with Crippen LogP contribution in [0.3, 0.4) is 0 Å². The number of aromatic nitrogens is 2. The topological polar surface area (TPSA) is 66.3 Å². The second-order valence-electron chi connectivity index (χ2n) is 6.11. The van der Waals surface area contributed by atoms with Crippen LogP contribution in [-0.4, -0.2) is 34.1 Å². The van der Waals surface area contributed by atoms with Crippen LogP contribution >= 0.6 is 0 Å². The Labute approximate surface area is 119 Å². The zero-order valence-electron chi connectivity index (χ0n) is 11.7. The number of nitrogens with zero attached hydrogens (tertiary/aromatic N) is 3. The highest BCUT2D eigenvalue weighted by molar-refractivity contribution is 5.84. The van der Waals surface area contributed by atoms with Gasteiger partial charge in [0.25, 0.3) is 0 Å². The van der Waals surface area contributed by atoms with Crippen LogP contribution in [0.2, 0.25) is 0 Å². The van der Waals surface area contributed by atoms with E-state index in [1.54, 1.807) is 6.20 Å². The van der Waals surface area contributed by atoms with Gasteiger partial charge in [0.15, 0.2) is 5.69 Å². The first-order valence-corrected chi connectivity index (χ1v) is 7.49. The first-order chi connectivity index (χ1) is 9.69. The van der Waals surface area contributed by atoms with Gasteiger partial charge in [-0.15, -0.1) is 0 Å². The molecule has 0 aromatic carbocycles. The first-order valence-electron chi connectivity index (χ1n) is 7.49. The first kappa shape index (κ1) is 13.3. The second-order valence-corrected chi connectivity index (χ2v) is 6.11. The van der Waals surface area contributed by atoms with Crippen LogP contribution in [0.15, 0.2) is 12.4 Å².